The summed E-state index contributed by atoms with van der Waals surface area (Å²) in [5.74, 6) is -1.52. The second-order valence-corrected chi connectivity index (χ2v) is 5.69. The normalized spacial score (nSPS) is 32.7. The van der Waals surface area contributed by atoms with Crippen LogP contribution >= 0.6 is 0 Å². The average Bonchev–Trinajstić information content (AvgIpc) is 2.32. The summed E-state index contributed by atoms with van der Waals surface area (Å²) < 4.78 is 36.6. The molecule has 2 N–H and O–H groups in total. The molecule has 0 bridgehead atoms. The van der Waals surface area contributed by atoms with E-state index in [1.165, 1.54) is 0 Å². The minimum Gasteiger partial charge on any atom is -0.480 e. The maximum atomic E-state index is 12.2. The molecule has 1 aliphatic rings. The fourth-order valence-corrected chi connectivity index (χ4v) is 2.86. The Hall–Kier alpha value is -0.780. The van der Waals surface area contributed by atoms with E-state index >= 15 is 0 Å². The first kappa shape index (κ1) is 14.3. The molecule has 1 aliphatic carbocycles. The van der Waals surface area contributed by atoms with Crippen molar-refractivity contribution in [1.29, 1.82) is 0 Å². The molecule has 1 rings (SSSR count). The Balaban J connectivity index is 2.88. The van der Waals surface area contributed by atoms with Gasteiger partial charge in [-0.1, -0.05) is 20.8 Å². The third kappa shape index (κ3) is 3.12. The molecule has 0 amide bonds. The molecular formula is C11H18F3NO2. The fraction of sp³-hybridized carbons (Fsp3) is 0.909. The molecule has 100 valence electrons. The number of rotatable bonds is 3. The van der Waals surface area contributed by atoms with Gasteiger partial charge in [0.2, 0.25) is 0 Å². The quantitative estimate of drug-likeness (QED) is 0.812. The lowest BCUT2D eigenvalue weighted by molar-refractivity contribution is -0.152. The highest BCUT2D eigenvalue weighted by molar-refractivity contribution is 5.80. The highest BCUT2D eigenvalue weighted by Gasteiger charge is 2.54. The number of carboxylic acid groups (broad SMARTS) is 1. The SMILES string of the molecule is CC1CC(C)(C)CC1(NCC(F)(F)F)C(=O)O. The molecule has 0 saturated heterocycles. The van der Waals surface area contributed by atoms with Crippen LogP contribution in [-0.2, 0) is 4.79 Å². The molecule has 17 heavy (non-hydrogen) atoms. The highest BCUT2D eigenvalue weighted by atomic mass is 19.4. The average molecular weight is 253 g/mol. The topological polar surface area (TPSA) is 49.3 Å². The summed E-state index contributed by atoms with van der Waals surface area (Å²) in [4.78, 5) is 11.3. The Morgan fingerprint density at radius 1 is 1.47 bits per heavy atom. The molecule has 0 aromatic rings. The van der Waals surface area contributed by atoms with Crippen molar-refractivity contribution in [3.05, 3.63) is 0 Å². The van der Waals surface area contributed by atoms with Crippen LogP contribution in [0.4, 0.5) is 13.2 Å². The highest BCUT2D eigenvalue weighted by Crippen LogP contribution is 2.47. The summed E-state index contributed by atoms with van der Waals surface area (Å²) in [5.41, 5.74) is -1.71. The monoisotopic (exact) mass is 253 g/mol. The van der Waals surface area contributed by atoms with E-state index in [9.17, 15) is 23.1 Å². The summed E-state index contributed by atoms with van der Waals surface area (Å²) in [5, 5.41) is 11.4. The third-order valence-electron chi connectivity index (χ3n) is 3.44. The van der Waals surface area contributed by atoms with Crippen molar-refractivity contribution in [2.45, 2.75) is 45.3 Å². The summed E-state index contributed by atoms with van der Waals surface area (Å²) in [6, 6.07) is 0. The zero-order valence-electron chi connectivity index (χ0n) is 10.2. The number of carboxylic acids is 1. The van der Waals surface area contributed by atoms with Crippen molar-refractivity contribution in [2.24, 2.45) is 11.3 Å². The van der Waals surface area contributed by atoms with Gasteiger partial charge in [-0.15, -0.1) is 0 Å². The van der Waals surface area contributed by atoms with Gasteiger partial charge >= 0.3 is 12.1 Å². The van der Waals surface area contributed by atoms with Gasteiger partial charge in [-0.25, -0.2) is 0 Å². The number of alkyl halides is 3. The van der Waals surface area contributed by atoms with E-state index in [1.807, 2.05) is 13.8 Å². The molecule has 0 spiro atoms. The Kier molecular flexibility index (Phi) is 3.49. The molecule has 1 saturated carbocycles. The van der Waals surface area contributed by atoms with Crippen molar-refractivity contribution in [2.75, 3.05) is 6.54 Å². The number of hydrogen-bond acceptors (Lipinski definition) is 2. The first-order chi connectivity index (χ1) is 7.49. The molecule has 0 aliphatic heterocycles. The zero-order chi connectivity index (χ0) is 13.5. The standard InChI is InChI=1S/C11H18F3NO2/c1-7-4-9(2,3)5-10(7,8(16)17)15-6-11(12,13)14/h7,15H,4-6H2,1-3H3,(H,16,17). The van der Waals surface area contributed by atoms with Crippen LogP contribution in [0, 0.1) is 11.3 Å². The summed E-state index contributed by atoms with van der Waals surface area (Å²) in [6.07, 6.45) is -3.58. The van der Waals surface area contributed by atoms with Gasteiger partial charge in [0.25, 0.3) is 0 Å². The molecule has 2 unspecified atom stereocenters. The van der Waals surface area contributed by atoms with Gasteiger partial charge in [0.05, 0.1) is 6.54 Å². The van der Waals surface area contributed by atoms with Crippen LogP contribution in [0.5, 0.6) is 0 Å². The summed E-state index contributed by atoms with van der Waals surface area (Å²) in [7, 11) is 0. The lowest BCUT2D eigenvalue weighted by Crippen LogP contribution is -2.56. The maximum Gasteiger partial charge on any atom is 0.401 e. The second kappa shape index (κ2) is 4.15. The Bertz CT molecular complexity index is 314. The first-order valence-electron chi connectivity index (χ1n) is 5.54. The van der Waals surface area contributed by atoms with Crippen LogP contribution in [-0.4, -0.2) is 29.3 Å². The molecule has 0 radical (unpaired) electrons. The van der Waals surface area contributed by atoms with E-state index in [0.29, 0.717) is 6.42 Å². The minimum absolute atomic E-state index is 0.215. The van der Waals surface area contributed by atoms with Crippen molar-refractivity contribution < 1.29 is 23.1 Å². The summed E-state index contributed by atoms with van der Waals surface area (Å²) >= 11 is 0. The van der Waals surface area contributed by atoms with Crippen LogP contribution in [0.15, 0.2) is 0 Å². The minimum atomic E-state index is -4.39. The number of nitrogens with one attached hydrogen (secondary N) is 1. The van der Waals surface area contributed by atoms with Crippen LogP contribution in [0.3, 0.4) is 0 Å². The van der Waals surface area contributed by atoms with Crippen molar-refractivity contribution in [3.63, 3.8) is 0 Å². The zero-order valence-corrected chi connectivity index (χ0v) is 10.2. The lowest BCUT2D eigenvalue weighted by atomic mass is 9.86. The van der Waals surface area contributed by atoms with E-state index in [4.69, 9.17) is 0 Å². The molecule has 1 fully saturated rings. The number of halogens is 3. The van der Waals surface area contributed by atoms with Gasteiger partial charge in [-0.3, -0.25) is 10.1 Å². The van der Waals surface area contributed by atoms with Crippen LogP contribution in [0.2, 0.25) is 0 Å². The Morgan fingerprint density at radius 2 is 2.00 bits per heavy atom. The molecule has 0 aromatic carbocycles. The van der Waals surface area contributed by atoms with Gasteiger partial charge in [-0.2, -0.15) is 13.2 Å². The smallest absolute Gasteiger partial charge is 0.401 e. The van der Waals surface area contributed by atoms with Gasteiger partial charge < -0.3 is 5.11 Å². The predicted octanol–water partition coefficient (Wildman–Crippen LogP) is 2.42. The molecule has 0 aromatic heterocycles. The molecule has 6 heteroatoms. The van der Waals surface area contributed by atoms with Gasteiger partial charge in [0.1, 0.15) is 5.54 Å². The van der Waals surface area contributed by atoms with Crippen LogP contribution < -0.4 is 5.32 Å². The Morgan fingerprint density at radius 3 is 2.29 bits per heavy atom. The van der Waals surface area contributed by atoms with E-state index in [2.05, 4.69) is 5.32 Å². The maximum absolute atomic E-state index is 12.2. The van der Waals surface area contributed by atoms with Crippen LogP contribution in [0.25, 0.3) is 0 Å². The van der Waals surface area contributed by atoms with Crippen molar-refractivity contribution >= 4 is 5.97 Å². The van der Waals surface area contributed by atoms with Crippen molar-refractivity contribution in [1.82, 2.24) is 5.32 Å². The van der Waals surface area contributed by atoms with Gasteiger partial charge in [-0.05, 0) is 24.2 Å². The molecule has 0 heterocycles. The number of aliphatic carboxylic acids is 1. The summed E-state index contributed by atoms with van der Waals surface area (Å²) in [6.45, 7) is 4.18. The van der Waals surface area contributed by atoms with Crippen LogP contribution in [0.1, 0.15) is 33.6 Å². The van der Waals surface area contributed by atoms with E-state index in [0.717, 1.165) is 0 Å². The number of carbonyl (C=O) groups is 1. The Labute approximate surface area is 98.4 Å². The molecule has 2 atom stereocenters. The second-order valence-electron chi connectivity index (χ2n) is 5.69. The third-order valence-corrected chi connectivity index (χ3v) is 3.44. The lowest BCUT2D eigenvalue weighted by Gasteiger charge is -2.31. The first-order valence-corrected chi connectivity index (χ1v) is 5.54. The van der Waals surface area contributed by atoms with E-state index in [1.54, 1.807) is 6.92 Å². The fourth-order valence-electron chi connectivity index (χ4n) is 2.86. The van der Waals surface area contributed by atoms with Gasteiger partial charge in [0.15, 0.2) is 0 Å². The molecule has 3 nitrogen and oxygen atoms in total. The number of hydrogen-bond donors (Lipinski definition) is 2. The van der Waals surface area contributed by atoms with E-state index in [-0.39, 0.29) is 17.8 Å². The van der Waals surface area contributed by atoms with Gasteiger partial charge in [0, 0.05) is 0 Å². The molecular weight excluding hydrogens is 235 g/mol. The van der Waals surface area contributed by atoms with Crippen molar-refractivity contribution in [3.8, 4) is 0 Å². The predicted molar refractivity (Wildman–Crippen MR) is 56.6 cm³/mol. The largest absolute Gasteiger partial charge is 0.480 e. The van der Waals surface area contributed by atoms with E-state index < -0.39 is 24.2 Å².